The van der Waals surface area contributed by atoms with Crippen molar-refractivity contribution in [3.63, 3.8) is 0 Å². The molecule has 8 heteroatoms. The third-order valence-electron chi connectivity index (χ3n) is 6.60. The minimum absolute atomic E-state index is 0.0788. The zero-order valence-electron chi connectivity index (χ0n) is 21.0. The number of hydrogen-bond acceptors (Lipinski definition) is 5. The highest BCUT2D eigenvalue weighted by molar-refractivity contribution is 5.96. The van der Waals surface area contributed by atoms with Crippen LogP contribution in [0.1, 0.15) is 75.2 Å². The van der Waals surface area contributed by atoms with Gasteiger partial charge in [0, 0.05) is 28.9 Å². The van der Waals surface area contributed by atoms with E-state index < -0.39 is 12.0 Å². The zero-order chi connectivity index (χ0) is 25.9. The third-order valence-corrected chi connectivity index (χ3v) is 6.60. The van der Waals surface area contributed by atoms with E-state index in [-0.39, 0.29) is 23.8 Å². The van der Waals surface area contributed by atoms with Crippen LogP contribution in [0.25, 0.3) is 16.9 Å². The molecular weight excluding hydrogens is 454 g/mol. The molecule has 2 heterocycles. The van der Waals surface area contributed by atoms with Crippen LogP contribution in [-0.4, -0.2) is 37.9 Å². The third kappa shape index (κ3) is 5.85. The molecule has 0 radical (unpaired) electrons. The molecule has 1 unspecified atom stereocenters. The summed E-state index contributed by atoms with van der Waals surface area (Å²) in [6.07, 6.45) is 6.90. The molecule has 1 aliphatic rings. The molecule has 1 aliphatic carbocycles. The highest BCUT2D eigenvalue weighted by atomic mass is 16.4. The van der Waals surface area contributed by atoms with Crippen LogP contribution in [0.4, 0.5) is 5.82 Å². The Hall–Kier alpha value is -3.86. The number of pyridine rings is 1. The number of carbonyl (C=O) groups is 2. The van der Waals surface area contributed by atoms with Crippen molar-refractivity contribution in [3.8, 4) is 17.3 Å². The molecule has 0 spiro atoms. The van der Waals surface area contributed by atoms with Gasteiger partial charge in [-0.15, -0.1) is 0 Å². The van der Waals surface area contributed by atoms with Crippen LogP contribution in [0, 0.1) is 17.2 Å². The second kappa shape index (κ2) is 10.4. The van der Waals surface area contributed by atoms with Gasteiger partial charge in [-0.2, -0.15) is 5.26 Å². The summed E-state index contributed by atoms with van der Waals surface area (Å²) in [5.74, 6) is -0.221. The first-order valence-corrected chi connectivity index (χ1v) is 12.5. The molecule has 0 saturated heterocycles. The number of aliphatic carboxylic acids is 1. The second-order valence-electron chi connectivity index (χ2n) is 10.6. The van der Waals surface area contributed by atoms with E-state index in [1.807, 2.05) is 22.7 Å². The predicted molar refractivity (Wildman–Crippen MR) is 139 cm³/mol. The van der Waals surface area contributed by atoms with E-state index in [1.165, 1.54) is 0 Å². The van der Waals surface area contributed by atoms with Crippen molar-refractivity contribution < 1.29 is 14.7 Å². The number of carbonyl (C=O) groups excluding carboxylic acids is 1. The second-order valence-corrected chi connectivity index (χ2v) is 10.6. The Morgan fingerprint density at radius 1 is 1.17 bits per heavy atom. The summed E-state index contributed by atoms with van der Waals surface area (Å²) >= 11 is 0. The van der Waals surface area contributed by atoms with E-state index >= 15 is 0 Å². The molecule has 3 aromatic rings. The Morgan fingerprint density at radius 3 is 2.47 bits per heavy atom. The van der Waals surface area contributed by atoms with Crippen LogP contribution < -0.4 is 10.6 Å². The average Bonchev–Trinajstić information content (AvgIpc) is 3.20. The van der Waals surface area contributed by atoms with Gasteiger partial charge in [-0.25, -0.2) is 4.98 Å². The number of rotatable bonds is 7. The maximum atomic E-state index is 13.2. The number of nitrogens with one attached hydrogen (secondary N) is 2. The minimum atomic E-state index is -0.903. The Bertz CT molecular complexity index is 1290. The Balaban J connectivity index is 1.67. The van der Waals surface area contributed by atoms with Gasteiger partial charge in [0.1, 0.15) is 17.2 Å². The molecule has 2 aromatic heterocycles. The number of benzene rings is 1. The van der Waals surface area contributed by atoms with Crippen LogP contribution in [-0.2, 0) is 4.79 Å². The van der Waals surface area contributed by atoms with Gasteiger partial charge in [0.2, 0.25) is 0 Å². The van der Waals surface area contributed by atoms with E-state index in [0.29, 0.717) is 16.8 Å². The van der Waals surface area contributed by atoms with Gasteiger partial charge < -0.3 is 15.7 Å². The number of nitriles is 1. The molecule has 36 heavy (non-hydrogen) atoms. The van der Waals surface area contributed by atoms with Crippen molar-refractivity contribution in [1.82, 2.24) is 14.7 Å². The molecular formula is C28H33N5O3. The van der Waals surface area contributed by atoms with Gasteiger partial charge in [-0.3, -0.25) is 14.0 Å². The number of amides is 1. The predicted octanol–water partition coefficient (Wildman–Crippen LogP) is 5.24. The molecule has 8 nitrogen and oxygen atoms in total. The molecule has 1 fully saturated rings. The Labute approximate surface area is 211 Å². The largest absolute Gasteiger partial charge is 0.481 e. The maximum Gasteiger partial charge on any atom is 0.305 e. The highest BCUT2D eigenvalue weighted by Crippen LogP contribution is 2.32. The Kier molecular flexibility index (Phi) is 7.30. The summed E-state index contributed by atoms with van der Waals surface area (Å²) < 4.78 is 1.91. The van der Waals surface area contributed by atoms with Gasteiger partial charge in [-0.1, -0.05) is 31.4 Å². The van der Waals surface area contributed by atoms with Crippen LogP contribution in [0.5, 0.6) is 0 Å². The van der Waals surface area contributed by atoms with Gasteiger partial charge >= 0.3 is 5.97 Å². The average molecular weight is 488 g/mol. The zero-order valence-corrected chi connectivity index (χ0v) is 21.0. The molecule has 188 valence electrons. The fraction of sp³-hybridized carbons (Fsp3) is 0.429. The quantitative estimate of drug-likeness (QED) is 0.419. The van der Waals surface area contributed by atoms with E-state index in [2.05, 4.69) is 37.5 Å². The SMILES string of the molecule is CC(C)(C)Nc1c(-c2ccc(C#N)cc2)nc2cc(C(=O)NC(CC(=O)O)C3CCCCC3)ccn12. The van der Waals surface area contributed by atoms with Gasteiger partial charge in [-0.05, 0) is 63.8 Å². The number of carboxylic acids is 1. The first-order valence-electron chi connectivity index (χ1n) is 12.5. The smallest absolute Gasteiger partial charge is 0.305 e. The van der Waals surface area contributed by atoms with Crippen molar-refractivity contribution in [2.45, 2.75) is 70.9 Å². The van der Waals surface area contributed by atoms with Crippen LogP contribution in [0.15, 0.2) is 42.6 Å². The fourth-order valence-corrected chi connectivity index (χ4v) is 4.88. The normalized spacial score (nSPS) is 15.3. The summed E-state index contributed by atoms with van der Waals surface area (Å²) in [6, 6.07) is 12.5. The van der Waals surface area contributed by atoms with Crippen LogP contribution in [0.3, 0.4) is 0 Å². The number of anilines is 1. The molecule has 1 saturated carbocycles. The maximum absolute atomic E-state index is 13.2. The Morgan fingerprint density at radius 2 is 1.86 bits per heavy atom. The molecule has 4 rings (SSSR count). The lowest BCUT2D eigenvalue weighted by Gasteiger charge is -2.30. The molecule has 1 aromatic carbocycles. The van der Waals surface area contributed by atoms with Crippen LogP contribution >= 0.6 is 0 Å². The number of nitrogens with zero attached hydrogens (tertiary/aromatic N) is 3. The van der Waals surface area contributed by atoms with Gasteiger partial charge in [0.15, 0.2) is 0 Å². The molecule has 1 amide bonds. The van der Waals surface area contributed by atoms with E-state index in [0.717, 1.165) is 49.2 Å². The minimum Gasteiger partial charge on any atom is -0.481 e. The van der Waals surface area contributed by atoms with Crippen molar-refractivity contribution in [2.24, 2.45) is 5.92 Å². The van der Waals surface area contributed by atoms with Gasteiger partial charge in [0.05, 0.1) is 18.1 Å². The number of carboxylic acid groups (broad SMARTS) is 1. The standard InChI is InChI=1S/C28H33N5O3/c1-28(2,3)32-26-25(20-11-9-18(17-29)10-12-20)31-23-15-21(13-14-33(23)26)27(36)30-22(16-24(34)35)19-7-5-4-6-8-19/h9-15,19,22,32H,4-8,16H2,1-3H3,(H,30,36)(H,34,35). The monoisotopic (exact) mass is 487 g/mol. The summed E-state index contributed by atoms with van der Waals surface area (Å²) in [4.78, 5) is 29.5. The summed E-state index contributed by atoms with van der Waals surface area (Å²) in [5.41, 5.74) is 2.94. The van der Waals surface area contributed by atoms with E-state index in [1.54, 1.807) is 24.3 Å². The van der Waals surface area contributed by atoms with Crippen LogP contribution in [0.2, 0.25) is 0 Å². The lowest BCUT2D eigenvalue weighted by atomic mass is 9.82. The van der Waals surface area contributed by atoms with E-state index in [9.17, 15) is 14.7 Å². The highest BCUT2D eigenvalue weighted by Gasteiger charge is 2.28. The van der Waals surface area contributed by atoms with Crippen molar-refractivity contribution >= 4 is 23.3 Å². The number of imidazole rings is 1. The fourth-order valence-electron chi connectivity index (χ4n) is 4.88. The van der Waals surface area contributed by atoms with Gasteiger partial charge in [0.25, 0.3) is 5.91 Å². The topological polar surface area (TPSA) is 120 Å². The molecule has 3 N–H and O–H groups in total. The molecule has 0 bridgehead atoms. The van der Waals surface area contributed by atoms with E-state index in [4.69, 9.17) is 10.2 Å². The lowest BCUT2D eigenvalue weighted by Crippen LogP contribution is -2.42. The first kappa shape index (κ1) is 25.2. The number of hydrogen-bond donors (Lipinski definition) is 3. The lowest BCUT2D eigenvalue weighted by molar-refractivity contribution is -0.137. The number of fused-ring (bicyclic) bond motifs is 1. The molecule has 0 aliphatic heterocycles. The first-order chi connectivity index (χ1) is 17.1. The molecule has 1 atom stereocenters. The summed E-state index contributed by atoms with van der Waals surface area (Å²) in [7, 11) is 0. The van der Waals surface area contributed by atoms with Crippen molar-refractivity contribution in [2.75, 3.05) is 5.32 Å². The summed E-state index contributed by atoms with van der Waals surface area (Å²) in [6.45, 7) is 6.18. The van der Waals surface area contributed by atoms with Crippen molar-refractivity contribution in [3.05, 3.63) is 53.7 Å². The van der Waals surface area contributed by atoms with Crippen molar-refractivity contribution in [1.29, 1.82) is 5.26 Å². The number of aromatic nitrogens is 2. The summed E-state index contributed by atoms with van der Waals surface area (Å²) in [5, 5.41) is 25.1.